The molecule has 0 spiro atoms. The lowest BCUT2D eigenvalue weighted by molar-refractivity contribution is 0.102. The zero-order valence-corrected chi connectivity index (χ0v) is 16.4. The number of rotatable bonds is 7. The van der Waals surface area contributed by atoms with E-state index in [9.17, 15) is 4.79 Å². The first kappa shape index (κ1) is 19.3. The summed E-state index contributed by atoms with van der Waals surface area (Å²) in [5.41, 5.74) is 0.952. The van der Waals surface area contributed by atoms with E-state index >= 15 is 0 Å². The van der Waals surface area contributed by atoms with Crippen LogP contribution in [0.3, 0.4) is 0 Å². The van der Waals surface area contributed by atoms with Gasteiger partial charge in [0.15, 0.2) is 0 Å². The first-order valence-corrected chi connectivity index (χ1v) is 8.95. The Hall–Kier alpha value is -1.98. The summed E-state index contributed by atoms with van der Waals surface area (Å²) < 4.78 is 11.6. The van der Waals surface area contributed by atoms with Crippen LogP contribution in [-0.2, 0) is 0 Å². The number of benzene rings is 2. The molecular formula is C18H16ClIN2O3. The number of anilines is 1. The summed E-state index contributed by atoms with van der Waals surface area (Å²) in [4.78, 5) is 12.5. The van der Waals surface area contributed by atoms with E-state index in [1.807, 2.05) is 0 Å². The summed E-state index contributed by atoms with van der Waals surface area (Å²) in [6, 6.07) is 12.4. The predicted octanol–water partition coefficient (Wildman–Crippen LogP) is 4.89. The average Bonchev–Trinajstić information content (AvgIpc) is 2.61. The molecule has 0 heterocycles. The average molecular weight is 471 g/mol. The maximum Gasteiger partial charge on any atom is 0.259 e. The molecule has 0 bridgehead atoms. The van der Waals surface area contributed by atoms with E-state index in [1.165, 1.54) is 7.11 Å². The second kappa shape index (κ2) is 9.49. The number of hydrogen-bond donors (Lipinski definition) is 1. The van der Waals surface area contributed by atoms with E-state index in [4.69, 9.17) is 26.3 Å². The Morgan fingerprint density at radius 1 is 1.36 bits per heavy atom. The molecule has 0 aliphatic heterocycles. The van der Waals surface area contributed by atoms with Gasteiger partial charge in [0, 0.05) is 21.7 Å². The number of nitrogens with one attached hydrogen (secondary N) is 1. The normalized spacial score (nSPS) is 10.0. The van der Waals surface area contributed by atoms with Crippen LogP contribution in [0.2, 0.25) is 5.02 Å². The molecule has 2 aromatic rings. The smallest absolute Gasteiger partial charge is 0.259 e. The largest absolute Gasteiger partial charge is 0.496 e. The highest BCUT2D eigenvalue weighted by Gasteiger charge is 2.15. The van der Waals surface area contributed by atoms with Crippen molar-refractivity contribution in [3.05, 3.63) is 50.6 Å². The van der Waals surface area contributed by atoms with Crippen LogP contribution in [0.5, 0.6) is 11.5 Å². The molecule has 130 valence electrons. The van der Waals surface area contributed by atoms with Gasteiger partial charge in [-0.25, -0.2) is 0 Å². The fourth-order valence-corrected chi connectivity index (χ4v) is 2.68. The monoisotopic (exact) mass is 470 g/mol. The lowest BCUT2D eigenvalue weighted by atomic mass is 10.1. The number of hydrogen-bond acceptors (Lipinski definition) is 4. The van der Waals surface area contributed by atoms with Crippen molar-refractivity contribution in [3.8, 4) is 17.6 Å². The van der Waals surface area contributed by atoms with Gasteiger partial charge in [0.2, 0.25) is 0 Å². The van der Waals surface area contributed by atoms with Gasteiger partial charge in [0.25, 0.3) is 5.91 Å². The van der Waals surface area contributed by atoms with Gasteiger partial charge in [-0.3, -0.25) is 4.79 Å². The summed E-state index contributed by atoms with van der Waals surface area (Å²) in [5, 5.41) is 11.8. The molecule has 0 radical (unpaired) electrons. The van der Waals surface area contributed by atoms with Crippen molar-refractivity contribution in [1.29, 1.82) is 5.26 Å². The predicted molar refractivity (Wildman–Crippen MR) is 105 cm³/mol. The van der Waals surface area contributed by atoms with Gasteiger partial charge in [-0.05, 0) is 53.3 Å². The van der Waals surface area contributed by atoms with E-state index in [0.717, 1.165) is 3.57 Å². The summed E-state index contributed by atoms with van der Waals surface area (Å²) in [6.45, 7) is 0.450. The maximum atomic E-state index is 12.5. The van der Waals surface area contributed by atoms with E-state index in [0.29, 0.717) is 47.2 Å². The number of unbranched alkanes of at least 4 members (excludes halogenated alkanes) is 1. The van der Waals surface area contributed by atoms with Crippen LogP contribution in [0.1, 0.15) is 23.2 Å². The third-order valence-corrected chi connectivity index (χ3v) is 4.80. The molecular weight excluding hydrogens is 455 g/mol. The Bertz CT molecular complexity index is 805. The third-order valence-electron chi connectivity index (χ3n) is 3.28. The summed E-state index contributed by atoms with van der Waals surface area (Å²) in [7, 11) is 1.51. The molecule has 0 atom stereocenters. The number of nitriles is 1. The summed E-state index contributed by atoms with van der Waals surface area (Å²) in [6.07, 6.45) is 1.11. The van der Waals surface area contributed by atoms with Crippen molar-refractivity contribution in [3.63, 3.8) is 0 Å². The maximum absolute atomic E-state index is 12.5. The quantitative estimate of drug-likeness (QED) is 0.462. The molecule has 1 N–H and O–H groups in total. The van der Waals surface area contributed by atoms with E-state index < -0.39 is 0 Å². The zero-order chi connectivity index (χ0) is 18.2. The Kier molecular flexibility index (Phi) is 7.34. The first-order valence-electron chi connectivity index (χ1n) is 7.49. The van der Waals surface area contributed by atoms with Crippen LogP contribution >= 0.6 is 34.2 Å². The highest BCUT2D eigenvalue weighted by atomic mass is 127. The van der Waals surface area contributed by atoms with Crippen molar-refractivity contribution in [2.75, 3.05) is 19.0 Å². The van der Waals surface area contributed by atoms with Gasteiger partial charge in [0.05, 0.1) is 30.4 Å². The number of nitrogens with zero attached hydrogens (tertiary/aromatic N) is 1. The molecule has 0 saturated carbocycles. The van der Waals surface area contributed by atoms with E-state index in [1.54, 1.807) is 36.4 Å². The second-order valence-corrected chi connectivity index (χ2v) is 6.63. The van der Waals surface area contributed by atoms with Crippen molar-refractivity contribution in [1.82, 2.24) is 0 Å². The number of carbonyl (C=O) groups excluding carboxylic acids is 1. The molecule has 0 aliphatic rings. The summed E-state index contributed by atoms with van der Waals surface area (Å²) in [5.74, 6) is 0.760. The van der Waals surface area contributed by atoms with Gasteiger partial charge in [-0.1, -0.05) is 17.7 Å². The van der Waals surface area contributed by atoms with Crippen LogP contribution in [-0.4, -0.2) is 19.6 Å². The molecule has 0 unspecified atom stereocenters. The Labute approximate surface area is 165 Å². The van der Waals surface area contributed by atoms with Crippen LogP contribution in [0, 0.1) is 14.9 Å². The van der Waals surface area contributed by atoms with Crippen molar-refractivity contribution in [2.24, 2.45) is 0 Å². The minimum atomic E-state index is -0.322. The van der Waals surface area contributed by atoms with Gasteiger partial charge in [-0.2, -0.15) is 5.26 Å². The molecule has 5 nitrogen and oxygen atoms in total. The zero-order valence-electron chi connectivity index (χ0n) is 13.5. The number of methoxy groups -OCH3 is 1. The molecule has 2 aromatic carbocycles. The molecule has 1 amide bonds. The van der Waals surface area contributed by atoms with Crippen molar-refractivity contribution < 1.29 is 14.3 Å². The summed E-state index contributed by atoms with van der Waals surface area (Å²) >= 11 is 8.19. The van der Waals surface area contributed by atoms with Crippen LogP contribution in [0.25, 0.3) is 0 Å². The SMILES string of the molecule is COc1cc(I)c(Cl)cc1C(=O)Nc1cccc(OCCCC#N)c1. The highest BCUT2D eigenvalue weighted by molar-refractivity contribution is 14.1. The van der Waals surface area contributed by atoms with Gasteiger partial charge < -0.3 is 14.8 Å². The fourth-order valence-electron chi connectivity index (χ4n) is 2.08. The minimum Gasteiger partial charge on any atom is -0.496 e. The molecule has 0 aromatic heterocycles. The van der Waals surface area contributed by atoms with Crippen molar-refractivity contribution in [2.45, 2.75) is 12.8 Å². The Morgan fingerprint density at radius 2 is 2.16 bits per heavy atom. The Balaban J connectivity index is 2.11. The van der Waals surface area contributed by atoms with E-state index in [2.05, 4.69) is 34.0 Å². The van der Waals surface area contributed by atoms with Crippen LogP contribution < -0.4 is 14.8 Å². The van der Waals surface area contributed by atoms with Gasteiger partial charge >= 0.3 is 0 Å². The number of ether oxygens (including phenoxy) is 2. The van der Waals surface area contributed by atoms with Gasteiger partial charge in [0.1, 0.15) is 11.5 Å². The number of amides is 1. The molecule has 7 heteroatoms. The number of carbonyl (C=O) groups is 1. The van der Waals surface area contributed by atoms with Crippen molar-refractivity contribution >= 4 is 45.8 Å². The highest BCUT2D eigenvalue weighted by Crippen LogP contribution is 2.29. The first-order chi connectivity index (χ1) is 12.0. The molecule has 2 rings (SSSR count). The minimum absolute atomic E-state index is 0.322. The molecule has 0 aliphatic carbocycles. The number of halogens is 2. The molecule has 0 fully saturated rings. The second-order valence-electron chi connectivity index (χ2n) is 5.06. The van der Waals surface area contributed by atoms with E-state index in [-0.39, 0.29) is 5.91 Å². The standard InChI is InChI=1S/C18H16ClIN2O3/c1-24-17-11-16(20)15(19)10-14(17)18(23)22-12-5-4-6-13(9-12)25-8-3-2-7-21/h4-6,9-11H,2-3,8H2,1H3,(H,22,23). The van der Waals surface area contributed by atoms with Crippen LogP contribution in [0.15, 0.2) is 36.4 Å². The lowest BCUT2D eigenvalue weighted by Crippen LogP contribution is -2.13. The molecule has 0 saturated heterocycles. The topological polar surface area (TPSA) is 71.3 Å². The molecule has 25 heavy (non-hydrogen) atoms. The lowest BCUT2D eigenvalue weighted by Gasteiger charge is -2.12. The third kappa shape index (κ3) is 5.51. The fraction of sp³-hybridized carbons (Fsp3) is 0.222. The van der Waals surface area contributed by atoms with Crippen LogP contribution in [0.4, 0.5) is 5.69 Å². The Morgan fingerprint density at radius 3 is 2.88 bits per heavy atom. The van der Waals surface area contributed by atoms with Gasteiger partial charge in [-0.15, -0.1) is 0 Å².